The topological polar surface area (TPSA) is 38.0 Å². The van der Waals surface area contributed by atoms with Crippen LogP contribution in [0.15, 0.2) is 0 Å². The molecule has 84 valence electrons. The summed E-state index contributed by atoms with van der Waals surface area (Å²) in [6, 6.07) is 0.683. The van der Waals surface area contributed by atoms with Crippen molar-refractivity contribution >= 4 is 0 Å². The second-order valence-electron chi connectivity index (χ2n) is 4.84. The predicted octanol–water partition coefficient (Wildman–Crippen LogP) is 2.14. The maximum Gasteiger partial charge on any atom is 0.00362 e. The molecule has 0 heterocycles. The van der Waals surface area contributed by atoms with E-state index in [-0.39, 0.29) is 0 Å². The lowest BCUT2D eigenvalue weighted by atomic mass is 9.82. The molecule has 0 aromatic rings. The summed E-state index contributed by atoms with van der Waals surface area (Å²) < 4.78 is 0. The van der Waals surface area contributed by atoms with E-state index in [1.807, 2.05) is 0 Å². The van der Waals surface area contributed by atoms with Crippen LogP contribution in [0.2, 0.25) is 0 Å². The van der Waals surface area contributed by atoms with Crippen molar-refractivity contribution < 1.29 is 0 Å². The normalized spacial score (nSPS) is 30.2. The number of nitrogens with one attached hydrogen (secondary N) is 1. The van der Waals surface area contributed by atoms with Gasteiger partial charge in [0.1, 0.15) is 0 Å². The minimum absolute atomic E-state index is 0.683. The van der Waals surface area contributed by atoms with Crippen molar-refractivity contribution in [3.05, 3.63) is 0 Å². The first-order valence-electron chi connectivity index (χ1n) is 6.19. The van der Waals surface area contributed by atoms with Crippen LogP contribution in [0.4, 0.5) is 0 Å². The van der Waals surface area contributed by atoms with E-state index >= 15 is 0 Å². The summed E-state index contributed by atoms with van der Waals surface area (Å²) in [5.41, 5.74) is 5.68. The minimum Gasteiger partial charge on any atom is -0.330 e. The molecular weight excluding hydrogens is 172 g/mol. The van der Waals surface area contributed by atoms with E-state index in [0.29, 0.717) is 6.04 Å². The third kappa shape index (κ3) is 3.97. The number of hydrogen-bond acceptors (Lipinski definition) is 2. The monoisotopic (exact) mass is 198 g/mol. The fraction of sp³-hybridized carbons (Fsp3) is 1.00. The van der Waals surface area contributed by atoms with Gasteiger partial charge in [0, 0.05) is 6.04 Å². The van der Waals surface area contributed by atoms with Crippen LogP contribution in [0.25, 0.3) is 0 Å². The van der Waals surface area contributed by atoms with Gasteiger partial charge in [-0.1, -0.05) is 6.92 Å². The van der Waals surface area contributed by atoms with E-state index in [0.717, 1.165) is 18.4 Å². The molecule has 0 amide bonds. The zero-order valence-corrected chi connectivity index (χ0v) is 9.76. The lowest BCUT2D eigenvalue weighted by Crippen LogP contribution is -2.33. The summed E-state index contributed by atoms with van der Waals surface area (Å²) >= 11 is 0. The molecule has 1 unspecified atom stereocenters. The van der Waals surface area contributed by atoms with Gasteiger partial charge in [0.15, 0.2) is 0 Å². The lowest BCUT2D eigenvalue weighted by Gasteiger charge is -2.28. The summed E-state index contributed by atoms with van der Waals surface area (Å²) in [4.78, 5) is 0. The molecule has 0 saturated heterocycles. The number of hydrogen-bond donors (Lipinski definition) is 2. The Kier molecular flexibility index (Phi) is 5.49. The van der Waals surface area contributed by atoms with Crippen molar-refractivity contribution in [3.63, 3.8) is 0 Å². The number of nitrogens with two attached hydrogens (primary N) is 1. The molecule has 1 fully saturated rings. The van der Waals surface area contributed by atoms with Crippen LogP contribution >= 0.6 is 0 Å². The minimum atomic E-state index is 0.683. The van der Waals surface area contributed by atoms with Gasteiger partial charge in [-0.15, -0.1) is 0 Å². The quantitative estimate of drug-likeness (QED) is 0.710. The van der Waals surface area contributed by atoms with Crippen LogP contribution in [0.5, 0.6) is 0 Å². The van der Waals surface area contributed by atoms with Crippen molar-refractivity contribution in [2.75, 3.05) is 13.1 Å². The summed E-state index contributed by atoms with van der Waals surface area (Å²) in [7, 11) is 0. The molecule has 1 aliphatic carbocycles. The molecule has 0 radical (unpaired) electrons. The van der Waals surface area contributed by atoms with Gasteiger partial charge in [0.25, 0.3) is 0 Å². The first-order valence-corrected chi connectivity index (χ1v) is 6.19. The highest BCUT2D eigenvalue weighted by atomic mass is 14.9. The van der Waals surface area contributed by atoms with Gasteiger partial charge >= 0.3 is 0 Å². The first kappa shape index (κ1) is 12.0. The smallest absolute Gasteiger partial charge is 0.00362 e. The van der Waals surface area contributed by atoms with Crippen molar-refractivity contribution in [1.29, 1.82) is 0 Å². The fourth-order valence-corrected chi connectivity index (χ4v) is 2.18. The summed E-state index contributed by atoms with van der Waals surface area (Å²) in [6.07, 6.45) is 6.70. The molecule has 1 rings (SSSR count). The van der Waals surface area contributed by atoms with Gasteiger partial charge in [-0.05, 0) is 64.0 Å². The highest BCUT2D eigenvalue weighted by Crippen LogP contribution is 2.27. The molecule has 1 atom stereocenters. The Bertz CT molecular complexity index is 139. The van der Waals surface area contributed by atoms with Crippen LogP contribution in [-0.4, -0.2) is 19.1 Å². The van der Waals surface area contributed by atoms with E-state index < -0.39 is 0 Å². The molecular formula is C12H26N2. The van der Waals surface area contributed by atoms with Crippen molar-refractivity contribution in [3.8, 4) is 0 Å². The molecule has 1 aliphatic rings. The third-order valence-corrected chi connectivity index (χ3v) is 3.67. The van der Waals surface area contributed by atoms with Crippen LogP contribution in [0, 0.1) is 11.8 Å². The zero-order valence-electron chi connectivity index (χ0n) is 9.76. The van der Waals surface area contributed by atoms with E-state index in [2.05, 4.69) is 19.2 Å². The highest BCUT2D eigenvalue weighted by Gasteiger charge is 2.19. The predicted molar refractivity (Wildman–Crippen MR) is 62.3 cm³/mol. The molecule has 0 bridgehead atoms. The van der Waals surface area contributed by atoms with Gasteiger partial charge in [-0.2, -0.15) is 0 Å². The fourth-order valence-electron chi connectivity index (χ4n) is 2.18. The van der Waals surface area contributed by atoms with Crippen LogP contribution in [0.1, 0.15) is 46.0 Å². The Morgan fingerprint density at radius 1 is 1.21 bits per heavy atom. The van der Waals surface area contributed by atoms with Gasteiger partial charge in [-0.3, -0.25) is 0 Å². The molecule has 0 aromatic heterocycles. The molecule has 0 spiro atoms. The van der Waals surface area contributed by atoms with Gasteiger partial charge in [0.2, 0.25) is 0 Å². The largest absolute Gasteiger partial charge is 0.330 e. The Hall–Kier alpha value is -0.0800. The van der Waals surface area contributed by atoms with Crippen molar-refractivity contribution in [2.45, 2.75) is 52.0 Å². The van der Waals surface area contributed by atoms with Crippen molar-refractivity contribution in [1.82, 2.24) is 5.32 Å². The molecule has 1 saturated carbocycles. The second kappa shape index (κ2) is 6.41. The van der Waals surface area contributed by atoms with Crippen LogP contribution in [-0.2, 0) is 0 Å². The standard InChI is InChI=1S/C12H26N2/c1-3-10(2)14-9-12-6-4-11(8-13)5-7-12/h10-12,14H,3-9,13H2,1-2H3. The zero-order chi connectivity index (χ0) is 10.4. The molecule has 0 aliphatic heterocycles. The summed E-state index contributed by atoms with van der Waals surface area (Å²) in [5, 5.41) is 3.60. The average molecular weight is 198 g/mol. The maximum atomic E-state index is 5.68. The first-order chi connectivity index (χ1) is 6.76. The number of rotatable bonds is 5. The Morgan fingerprint density at radius 3 is 2.29 bits per heavy atom. The van der Waals surface area contributed by atoms with E-state index in [1.165, 1.54) is 38.6 Å². The Morgan fingerprint density at radius 2 is 1.79 bits per heavy atom. The molecule has 2 nitrogen and oxygen atoms in total. The van der Waals surface area contributed by atoms with E-state index in [1.54, 1.807) is 0 Å². The summed E-state index contributed by atoms with van der Waals surface area (Å²) in [5.74, 6) is 1.72. The Balaban J connectivity index is 2.10. The van der Waals surface area contributed by atoms with E-state index in [4.69, 9.17) is 5.73 Å². The molecule has 14 heavy (non-hydrogen) atoms. The van der Waals surface area contributed by atoms with Gasteiger partial charge in [-0.25, -0.2) is 0 Å². The highest BCUT2D eigenvalue weighted by molar-refractivity contribution is 4.75. The van der Waals surface area contributed by atoms with Gasteiger partial charge in [0.05, 0.1) is 0 Å². The second-order valence-corrected chi connectivity index (χ2v) is 4.84. The van der Waals surface area contributed by atoms with Crippen LogP contribution < -0.4 is 11.1 Å². The Labute approximate surface area is 88.6 Å². The molecule has 2 heteroatoms. The van der Waals surface area contributed by atoms with Crippen LogP contribution in [0.3, 0.4) is 0 Å². The summed E-state index contributed by atoms with van der Waals surface area (Å²) in [6.45, 7) is 6.62. The van der Waals surface area contributed by atoms with E-state index in [9.17, 15) is 0 Å². The average Bonchev–Trinajstić information content (AvgIpc) is 2.26. The SMILES string of the molecule is CCC(C)NCC1CCC(CN)CC1. The lowest BCUT2D eigenvalue weighted by molar-refractivity contribution is 0.266. The van der Waals surface area contributed by atoms with Gasteiger partial charge < -0.3 is 11.1 Å². The molecule has 3 N–H and O–H groups in total. The molecule has 0 aromatic carbocycles. The maximum absolute atomic E-state index is 5.68. The third-order valence-electron chi connectivity index (χ3n) is 3.67. The van der Waals surface area contributed by atoms with Crippen molar-refractivity contribution in [2.24, 2.45) is 17.6 Å².